The van der Waals surface area contributed by atoms with Crippen molar-refractivity contribution in [1.29, 1.82) is 0 Å². The molecule has 0 saturated carbocycles. The van der Waals surface area contributed by atoms with Crippen LogP contribution in [0, 0.1) is 12.8 Å². The molecular formula is C32H45N3O4S. The second kappa shape index (κ2) is 15.1. The molecule has 0 unspecified atom stereocenters. The third-order valence-corrected chi connectivity index (χ3v) is 9.50. The zero-order chi connectivity index (χ0) is 29.1. The third kappa shape index (κ3) is 9.30. The summed E-state index contributed by atoms with van der Waals surface area (Å²) in [7, 11) is -3.53. The lowest BCUT2D eigenvalue weighted by molar-refractivity contribution is -0.136. The fourth-order valence-corrected chi connectivity index (χ4v) is 6.44. The first-order valence-electron chi connectivity index (χ1n) is 14.4. The van der Waals surface area contributed by atoms with Crippen molar-refractivity contribution in [3.8, 4) is 0 Å². The van der Waals surface area contributed by atoms with Crippen LogP contribution in [0.25, 0.3) is 6.08 Å². The summed E-state index contributed by atoms with van der Waals surface area (Å²) in [5.74, 6) is 0.146. The van der Waals surface area contributed by atoms with E-state index in [4.69, 9.17) is 0 Å². The summed E-state index contributed by atoms with van der Waals surface area (Å²) < 4.78 is 27.5. The van der Waals surface area contributed by atoms with Gasteiger partial charge in [-0.05, 0) is 61.3 Å². The van der Waals surface area contributed by atoms with Crippen LogP contribution in [0.4, 0.5) is 0 Å². The van der Waals surface area contributed by atoms with Crippen molar-refractivity contribution in [2.24, 2.45) is 5.92 Å². The van der Waals surface area contributed by atoms with Crippen LogP contribution in [0.1, 0.15) is 63.1 Å². The maximum absolute atomic E-state index is 13.9. The largest absolute Gasteiger partial charge is 0.339 e. The molecule has 2 amide bonds. The van der Waals surface area contributed by atoms with Gasteiger partial charge < -0.3 is 9.80 Å². The molecule has 2 aromatic carbocycles. The molecule has 0 atom stereocenters. The molecule has 3 rings (SSSR count). The highest BCUT2D eigenvalue weighted by Gasteiger charge is 2.32. The van der Waals surface area contributed by atoms with Crippen LogP contribution >= 0.6 is 0 Å². The van der Waals surface area contributed by atoms with Crippen LogP contribution in [0.2, 0.25) is 0 Å². The van der Waals surface area contributed by atoms with Crippen LogP contribution in [0.5, 0.6) is 0 Å². The maximum Gasteiger partial charge on any atom is 0.246 e. The van der Waals surface area contributed by atoms with E-state index < -0.39 is 10.0 Å². The summed E-state index contributed by atoms with van der Waals surface area (Å²) in [5, 5.41) is 0. The van der Waals surface area contributed by atoms with Crippen molar-refractivity contribution < 1.29 is 18.0 Å². The van der Waals surface area contributed by atoms with Gasteiger partial charge in [0.25, 0.3) is 0 Å². The average Bonchev–Trinajstić information content (AvgIpc) is 2.94. The van der Waals surface area contributed by atoms with Gasteiger partial charge in [-0.15, -0.1) is 0 Å². The fraction of sp³-hybridized carbons (Fsp3) is 0.500. The van der Waals surface area contributed by atoms with Crippen molar-refractivity contribution in [1.82, 2.24) is 14.1 Å². The van der Waals surface area contributed by atoms with Gasteiger partial charge in [-0.1, -0.05) is 75.4 Å². The molecule has 218 valence electrons. The van der Waals surface area contributed by atoms with Gasteiger partial charge in [0, 0.05) is 38.3 Å². The first kappa shape index (κ1) is 31.6. The lowest BCUT2D eigenvalue weighted by atomic mass is 10.0. The number of hydrogen-bond donors (Lipinski definition) is 0. The topological polar surface area (TPSA) is 78.0 Å². The Kier molecular flexibility index (Phi) is 11.9. The molecule has 1 aliphatic heterocycles. The van der Waals surface area contributed by atoms with E-state index in [1.54, 1.807) is 6.08 Å². The lowest BCUT2D eigenvalue weighted by Crippen LogP contribution is -2.51. The van der Waals surface area contributed by atoms with Crippen molar-refractivity contribution in [3.05, 3.63) is 77.4 Å². The van der Waals surface area contributed by atoms with Crippen molar-refractivity contribution in [3.63, 3.8) is 0 Å². The monoisotopic (exact) mass is 567 g/mol. The summed E-state index contributed by atoms with van der Waals surface area (Å²) in [6.45, 7) is 9.68. The molecule has 1 aliphatic rings. The van der Waals surface area contributed by atoms with Crippen LogP contribution in [-0.4, -0.2) is 72.3 Å². The predicted molar refractivity (Wildman–Crippen MR) is 162 cm³/mol. The average molecular weight is 568 g/mol. The van der Waals surface area contributed by atoms with E-state index in [2.05, 4.69) is 13.8 Å². The summed E-state index contributed by atoms with van der Waals surface area (Å²) in [6.07, 6.45) is 5.94. The van der Waals surface area contributed by atoms with Crippen LogP contribution in [-0.2, 0) is 26.2 Å². The second-order valence-electron chi connectivity index (χ2n) is 11.1. The summed E-state index contributed by atoms with van der Waals surface area (Å²) in [6, 6.07) is 17.6. The molecule has 0 N–H and O–H groups in total. The molecule has 0 bridgehead atoms. The van der Waals surface area contributed by atoms with Gasteiger partial charge >= 0.3 is 0 Å². The first-order chi connectivity index (χ1) is 19.1. The predicted octanol–water partition coefficient (Wildman–Crippen LogP) is 5.12. The minimum Gasteiger partial charge on any atom is -0.339 e. The van der Waals surface area contributed by atoms with E-state index in [-0.39, 0.29) is 30.2 Å². The Hall–Kier alpha value is -2.97. The van der Waals surface area contributed by atoms with Crippen LogP contribution < -0.4 is 0 Å². The molecule has 2 aromatic rings. The quantitative estimate of drug-likeness (QED) is 0.315. The summed E-state index contributed by atoms with van der Waals surface area (Å²) in [4.78, 5) is 30.4. The van der Waals surface area contributed by atoms with E-state index in [1.807, 2.05) is 84.3 Å². The normalized spacial score (nSPS) is 14.8. The standard InChI is InChI=1S/C32H45N3O4S/c1-5-23-40(38,39)34(22-17-26(2)3)25-32(37)35(24-29-14-10-9-11-27(29)4)30-18-20-33(21-19-30)31(36)16-15-28-12-7-6-8-13-28/h6-16,26,30H,5,17-25H2,1-4H3. The molecule has 1 fully saturated rings. The smallest absolute Gasteiger partial charge is 0.246 e. The molecule has 1 heterocycles. The Morgan fingerprint density at radius 1 is 1.02 bits per heavy atom. The molecule has 0 radical (unpaired) electrons. The lowest BCUT2D eigenvalue weighted by Gasteiger charge is -2.39. The Morgan fingerprint density at radius 3 is 2.30 bits per heavy atom. The van der Waals surface area contributed by atoms with Gasteiger partial charge in [0.2, 0.25) is 21.8 Å². The fourth-order valence-electron chi connectivity index (χ4n) is 4.97. The minimum absolute atomic E-state index is 0.0349. The third-order valence-electron chi connectivity index (χ3n) is 7.48. The number of hydrogen-bond acceptors (Lipinski definition) is 4. The number of amides is 2. The van der Waals surface area contributed by atoms with Gasteiger partial charge in [-0.2, -0.15) is 4.31 Å². The molecular weight excluding hydrogens is 522 g/mol. The number of carbonyl (C=O) groups excluding carboxylic acids is 2. The SMILES string of the molecule is CCCS(=O)(=O)N(CCC(C)C)CC(=O)N(Cc1ccccc1C)C1CCN(C(=O)C=Cc2ccccc2)CC1. The van der Waals surface area contributed by atoms with E-state index in [0.717, 1.165) is 16.7 Å². The number of rotatable bonds is 13. The number of likely N-dealkylation sites (tertiary alicyclic amines) is 1. The van der Waals surface area contributed by atoms with Gasteiger partial charge in [0.05, 0.1) is 12.3 Å². The summed E-state index contributed by atoms with van der Waals surface area (Å²) in [5.41, 5.74) is 3.11. The zero-order valence-corrected chi connectivity index (χ0v) is 25.3. The molecule has 0 spiro atoms. The van der Waals surface area contributed by atoms with Gasteiger partial charge in [-0.25, -0.2) is 8.42 Å². The van der Waals surface area contributed by atoms with Gasteiger partial charge in [0.1, 0.15) is 0 Å². The molecule has 7 nitrogen and oxygen atoms in total. The Morgan fingerprint density at radius 2 is 1.68 bits per heavy atom. The number of nitrogens with zero attached hydrogens (tertiary/aromatic N) is 3. The maximum atomic E-state index is 13.9. The Labute approximate surface area is 240 Å². The van der Waals surface area contributed by atoms with E-state index in [9.17, 15) is 18.0 Å². The number of benzene rings is 2. The van der Waals surface area contributed by atoms with Crippen molar-refractivity contribution >= 4 is 27.9 Å². The van der Waals surface area contributed by atoms with Crippen LogP contribution in [0.3, 0.4) is 0 Å². The highest BCUT2D eigenvalue weighted by Crippen LogP contribution is 2.22. The Balaban J connectivity index is 1.75. The van der Waals surface area contributed by atoms with E-state index >= 15 is 0 Å². The molecule has 8 heteroatoms. The van der Waals surface area contributed by atoms with Crippen LogP contribution in [0.15, 0.2) is 60.7 Å². The van der Waals surface area contributed by atoms with Crippen molar-refractivity contribution in [2.45, 2.75) is 66.0 Å². The van der Waals surface area contributed by atoms with E-state index in [1.165, 1.54) is 4.31 Å². The summed E-state index contributed by atoms with van der Waals surface area (Å²) >= 11 is 0. The zero-order valence-electron chi connectivity index (χ0n) is 24.5. The highest BCUT2D eigenvalue weighted by atomic mass is 32.2. The molecule has 0 aliphatic carbocycles. The number of aryl methyl sites for hydroxylation is 1. The minimum atomic E-state index is -3.53. The van der Waals surface area contributed by atoms with Crippen molar-refractivity contribution in [2.75, 3.05) is 31.9 Å². The number of sulfonamides is 1. The number of carbonyl (C=O) groups is 2. The van der Waals surface area contributed by atoms with Gasteiger partial charge in [-0.3, -0.25) is 9.59 Å². The number of piperidine rings is 1. The second-order valence-corrected chi connectivity index (χ2v) is 13.2. The Bertz CT molecular complexity index is 1240. The van der Waals surface area contributed by atoms with E-state index in [0.29, 0.717) is 57.8 Å². The molecule has 0 aromatic heterocycles. The first-order valence-corrected chi connectivity index (χ1v) is 16.1. The molecule has 40 heavy (non-hydrogen) atoms. The highest BCUT2D eigenvalue weighted by molar-refractivity contribution is 7.89. The molecule has 1 saturated heterocycles. The van der Waals surface area contributed by atoms with Gasteiger partial charge in [0.15, 0.2) is 0 Å².